The molecule has 2 rings (SSSR count). The van der Waals surface area contributed by atoms with Crippen LogP contribution in [0.2, 0.25) is 5.02 Å². The highest BCUT2D eigenvalue weighted by Crippen LogP contribution is 2.41. The molecule has 80 valence electrons. The van der Waals surface area contributed by atoms with Crippen molar-refractivity contribution >= 4 is 45.8 Å². The number of hydrogen-bond donors (Lipinski definition) is 1. The fraction of sp³-hybridized carbons (Fsp3) is 0.364. The Kier molecular flexibility index (Phi) is 3.51. The first kappa shape index (κ1) is 11.2. The number of halogens is 2. The summed E-state index contributed by atoms with van der Waals surface area (Å²) in [5.41, 5.74) is 2.00. The number of amides is 1. The minimum atomic E-state index is -0.0170. The summed E-state index contributed by atoms with van der Waals surface area (Å²) in [5.74, 6) is 0.675. The van der Waals surface area contributed by atoms with E-state index in [1.165, 1.54) is 18.4 Å². The van der Waals surface area contributed by atoms with Crippen LogP contribution in [0.4, 0.5) is 5.69 Å². The van der Waals surface area contributed by atoms with Crippen molar-refractivity contribution < 1.29 is 4.79 Å². The molecule has 1 aliphatic rings. The van der Waals surface area contributed by atoms with E-state index in [-0.39, 0.29) is 5.91 Å². The minimum absolute atomic E-state index is 0.0170. The Balaban J connectivity index is 2.14. The quantitative estimate of drug-likeness (QED) is 0.664. The maximum atomic E-state index is 11.2. The first-order chi connectivity index (χ1) is 7.20. The monoisotopic (exact) mass is 335 g/mol. The molecule has 4 heteroatoms. The summed E-state index contributed by atoms with van der Waals surface area (Å²) in [7, 11) is 0. The third kappa shape index (κ3) is 2.84. The molecule has 0 radical (unpaired) electrons. The van der Waals surface area contributed by atoms with Gasteiger partial charge in [-0.2, -0.15) is 0 Å². The van der Waals surface area contributed by atoms with Gasteiger partial charge in [0.15, 0.2) is 0 Å². The lowest BCUT2D eigenvalue weighted by molar-refractivity contribution is -0.113. The molecule has 0 unspecified atom stereocenters. The predicted molar refractivity (Wildman–Crippen MR) is 70.9 cm³/mol. The Morgan fingerprint density at radius 3 is 2.80 bits per heavy atom. The zero-order valence-electron chi connectivity index (χ0n) is 8.09. The second-order valence-electron chi connectivity index (χ2n) is 3.70. The lowest BCUT2D eigenvalue weighted by Crippen LogP contribution is -2.12. The van der Waals surface area contributed by atoms with Crippen LogP contribution in [0, 0.1) is 0 Å². The van der Waals surface area contributed by atoms with Crippen molar-refractivity contribution in [2.24, 2.45) is 0 Å². The Labute approximate surface area is 108 Å². The number of alkyl halides is 1. The molecule has 0 heterocycles. The first-order valence-electron chi connectivity index (χ1n) is 4.86. The Morgan fingerprint density at radius 1 is 1.53 bits per heavy atom. The smallest absolute Gasteiger partial charge is 0.234 e. The van der Waals surface area contributed by atoms with Crippen LogP contribution >= 0.6 is 34.2 Å². The summed E-state index contributed by atoms with van der Waals surface area (Å²) >= 11 is 8.11. The molecule has 0 atom stereocenters. The summed E-state index contributed by atoms with van der Waals surface area (Å²) in [6.07, 6.45) is 2.52. The largest absolute Gasteiger partial charge is 0.324 e. The number of nitrogens with one attached hydrogen (secondary N) is 1. The maximum absolute atomic E-state index is 11.2. The molecule has 0 aromatic heterocycles. The molecular weight excluding hydrogens is 324 g/mol. The fourth-order valence-corrected chi connectivity index (χ4v) is 1.91. The number of benzene rings is 1. The molecule has 0 aliphatic heterocycles. The summed E-state index contributed by atoms with van der Waals surface area (Å²) in [6.45, 7) is 0. The van der Waals surface area contributed by atoms with Gasteiger partial charge in [-0.05, 0) is 36.5 Å². The average Bonchev–Trinajstić information content (AvgIpc) is 3.04. The Morgan fingerprint density at radius 2 is 2.27 bits per heavy atom. The van der Waals surface area contributed by atoms with Crippen molar-refractivity contribution in [3.05, 3.63) is 28.8 Å². The molecule has 1 fully saturated rings. The van der Waals surface area contributed by atoms with Crippen LogP contribution in [-0.4, -0.2) is 10.3 Å². The van der Waals surface area contributed by atoms with Gasteiger partial charge in [0.2, 0.25) is 5.91 Å². The predicted octanol–water partition coefficient (Wildman–Crippen LogP) is 3.59. The summed E-state index contributed by atoms with van der Waals surface area (Å²) in [6, 6.07) is 5.90. The standard InChI is InChI=1S/C11H11ClINO/c12-9-5-8(7-1-2-7)3-4-10(9)14-11(15)6-13/h3-5,7H,1-2,6H2,(H,14,15). The van der Waals surface area contributed by atoms with Crippen LogP contribution < -0.4 is 5.32 Å². The highest BCUT2D eigenvalue weighted by molar-refractivity contribution is 14.1. The zero-order chi connectivity index (χ0) is 10.8. The van der Waals surface area contributed by atoms with Crippen LogP contribution in [0.5, 0.6) is 0 Å². The normalized spacial score (nSPS) is 15.1. The van der Waals surface area contributed by atoms with Gasteiger partial charge < -0.3 is 5.32 Å². The molecule has 1 N–H and O–H groups in total. The van der Waals surface area contributed by atoms with E-state index in [4.69, 9.17) is 11.6 Å². The molecule has 0 saturated heterocycles. The lowest BCUT2D eigenvalue weighted by Gasteiger charge is -2.07. The van der Waals surface area contributed by atoms with E-state index in [1.54, 1.807) is 0 Å². The van der Waals surface area contributed by atoms with Crippen molar-refractivity contribution in [1.82, 2.24) is 0 Å². The molecule has 1 amide bonds. The van der Waals surface area contributed by atoms with Crippen LogP contribution in [0.15, 0.2) is 18.2 Å². The molecular formula is C11H11ClINO. The van der Waals surface area contributed by atoms with Crippen molar-refractivity contribution in [2.45, 2.75) is 18.8 Å². The highest BCUT2D eigenvalue weighted by Gasteiger charge is 2.23. The van der Waals surface area contributed by atoms with E-state index in [1.807, 2.05) is 40.8 Å². The molecule has 1 aromatic rings. The molecule has 0 spiro atoms. The van der Waals surface area contributed by atoms with Gasteiger partial charge in [0, 0.05) is 0 Å². The van der Waals surface area contributed by atoms with E-state index in [2.05, 4.69) is 5.32 Å². The van der Waals surface area contributed by atoms with Crippen molar-refractivity contribution in [1.29, 1.82) is 0 Å². The van der Waals surface area contributed by atoms with Crippen LogP contribution in [0.1, 0.15) is 24.3 Å². The van der Waals surface area contributed by atoms with E-state index < -0.39 is 0 Å². The summed E-state index contributed by atoms with van der Waals surface area (Å²) < 4.78 is 0.443. The number of rotatable bonds is 3. The number of carbonyl (C=O) groups excluding carboxylic acids is 1. The summed E-state index contributed by atoms with van der Waals surface area (Å²) in [4.78, 5) is 11.2. The van der Waals surface area contributed by atoms with Crippen molar-refractivity contribution in [3.8, 4) is 0 Å². The zero-order valence-corrected chi connectivity index (χ0v) is 11.0. The first-order valence-corrected chi connectivity index (χ1v) is 6.76. The van der Waals surface area contributed by atoms with Gasteiger partial charge in [0.25, 0.3) is 0 Å². The molecule has 0 bridgehead atoms. The van der Waals surface area contributed by atoms with Gasteiger partial charge in [-0.25, -0.2) is 0 Å². The molecule has 1 aromatic carbocycles. The molecule has 1 aliphatic carbocycles. The number of hydrogen-bond acceptors (Lipinski definition) is 1. The van der Waals surface area contributed by atoms with Gasteiger partial charge in [0.1, 0.15) is 0 Å². The molecule has 15 heavy (non-hydrogen) atoms. The van der Waals surface area contributed by atoms with Crippen LogP contribution in [0.25, 0.3) is 0 Å². The molecule has 2 nitrogen and oxygen atoms in total. The Bertz CT molecular complexity index is 390. The SMILES string of the molecule is O=C(CI)Nc1ccc(C2CC2)cc1Cl. The van der Waals surface area contributed by atoms with Gasteiger partial charge in [-0.15, -0.1) is 0 Å². The minimum Gasteiger partial charge on any atom is -0.324 e. The van der Waals surface area contributed by atoms with Crippen LogP contribution in [-0.2, 0) is 4.79 Å². The number of anilines is 1. The van der Waals surface area contributed by atoms with Gasteiger partial charge in [0.05, 0.1) is 15.1 Å². The molecule has 1 saturated carbocycles. The number of carbonyl (C=O) groups is 1. The van der Waals surface area contributed by atoms with Crippen molar-refractivity contribution in [3.63, 3.8) is 0 Å². The second kappa shape index (κ2) is 4.70. The van der Waals surface area contributed by atoms with Gasteiger partial charge in [-0.1, -0.05) is 40.3 Å². The maximum Gasteiger partial charge on any atom is 0.234 e. The highest BCUT2D eigenvalue weighted by atomic mass is 127. The lowest BCUT2D eigenvalue weighted by atomic mass is 10.1. The fourth-order valence-electron chi connectivity index (χ4n) is 1.49. The third-order valence-corrected chi connectivity index (χ3v) is 3.44. The average molecular weight is 336 g/mol. The van der Waals surface area contributed by atoms with Gasteiger partial charge in [-0.3, -0.25) is 4.79 Å². The van der Waals surface area contributed by atoms with E-state index >= 15 is 0 Å². The van der Waals surface area contributed by atoms with Crippen molar-refractivity contribution in [2.75, 3.05) is 9.74 Å². The summed E-state index contributed by atoms with van der Waals surface area (Å²) in [5, 5.41) is 3.40. The van der Waals surface area contributed by atoms with E-state index in [0.29, 0.717) is 21.1 Å². The second-order valence-corrected chi connectivity index (χ2v) is 4.87. The van der Waals surface area contributed by atoms with E-state index in [9.17, 15) is 4.79 Å². The topological polar surface area (TPSA) is 29.1 Å². The van der Waals surface area contributed by atoms with E-state index in [0.717, 1.165) is 0 Å². The Hall–Kier alpha value is -0.290. The van der Waals surface area contributed by atoms with Gasteiger partial charge >= 0.3 is 0 Å². The third-order valence-electron chi connectivity index (χ3n) is 2.44. The van der Waals surface area contributed by atoms with Crippen LogP contribution in [0.3, 0.4) is 0 Å².